The molecule has 1 aromatic heterocycles. The van der Waals surface area contributed by atoms with Crippen molar-refractivity contribution in [3.05, 3.63) is 73.4 Å². The van der Waals surface area contributed by atoms with E-state index >= 15 is 0 Å². The van der Waals surface area contributed by atoms with Gasteiger partial charge in [0.05, 0.1) is 16.3 Å². The van der Waals surface area contributed by atoms with Crippen LogP contribution < -0.4 is 10.9 Å². The molecule has 2 aromatic carbocycles. The summed E-state index contributed by atoms with van der Waals surface area (Å²) in [4.78, 5) is 42.9. The van der Waals surface area contributed by atoms with Gasteiger partial charge in [-0.1, -0.05) is 34.8 Å². The fourth-order valence-corrected chi connectivity index (χ4v) is 4.44. The van der Waals surface area contributed by atoms with Crippen molar-refractivity contribution in [3.8, 4) is 0 Å². The van der Waals surface area contributed by atoms with Crippen molar-refractivity contribution in [1.82, 2.24) is 9.88 Å². The van der Waals surface area contributed by atoms with Crippen LogP contribution in [0.5, 0.6) is 0 Å². The quantitative estimate of drug-likeness (QED) is 0.548. The van der Waals surface area contributed by atoms with Gasteiger partial charge < -0.3 is 15.2 Å². The summed E-state index contributed by atoms with van der Waals surface area (Å²) in [5.41, 5.74) is 0.739. The van der Waals surface area contributed by atoms with Crippen LogP contribution in [-0.4, -0.2) is 34.3 Å². The lowest BCUT2D eigenvalue weighted by Crippen LogP contribution is -2.50. The van der Waals surface area contributed by atoms with E-state index in [4.69, 9.17) is 34.8 Å². The van der Waals surface area contributed by atoms with Gasteiger partial charge in [0.1, 0.15) is 6.04 Å². The first-order valence-electron chi connectivity index (χ1n) is 9.73. The zero-order chi connectivity index (χ0) is 22.1. The zero-order valence-electron chi connectivity index (χ0n) is 16.3. The molecule has 0 saturated carbocycles. The number of anilines is 1. The lowest BCUT2D eigenvalue weighted by atomic mass is 9.99. The number of aromatic amines is 1. The highest BCUT2D eigenvalue weighted by Gasteiger charge is 2.33. The summed E-state index contributed by atoms with van der Waals surface area (Å²) in [5.74, 6) is -0.732. The van der Waals surface area contributed by atoms with Crippen LogP contribution in [0.2, 0.25) is 15.1 Å². The predicted octanol–water partition coefficient (Wildman–Crippen LogP) is 5.12. The van der Waals surface area contributed by atoms with Gasteiger partial charge in [-0.2, -0.15) is 0 Å². The predicted molar refractivity (Wildman–Crippen MR) is 123 cm³/mol. The second-order valence-electron chi connectivity index (χ2n) is 7.36. The Morgan fingerprint density at radius 3 is 2.52 bits per heavy atom. The normalized spacial score (nSPS) is 16.4. The summed E-state index contributed by atoms with van der Waals surface area (Å²) in [5, 5.41) is 4.53. The number of H-pyrrole nitrogens is 1. The van der Waals surface area contributed by atoms with Gasteiger partial charge in [-0.15, -0.1) is 0 Å². The van der Waals surface area contributed by atoms with E-state index < -0.39 is 11.6 Å². The third kappa shape index (κ3) is 4.56. The van der Waals surface area contributed by atoms with Crippen molar-refractivity contribution in [2.75, 3.05) is 11.9 Å². The van der Waals surface area contributed by atoms with E-state index in [2.05, 4.69) is 10.3 Å². The Morgan fingerprint density at radius 1 is 1.00 bits per heavy atom. The van der Waals surface area contributed by atoms with Crippen molar-refractivity contribution in [3.63, 3.8) is 0 Å². The van der Waals surface area contributed by atoms with Crippen molar-refractivity contribution < 1.29 is 9.59 Å². The van der Waals surface area contributed by atoms with Crippen LogP contribution in [0.3, 0.4) is 0 Å². The van der Waals surface area contributed by atoms with Crippen molar-refractivity contribution >= 4 is 63.2 Å². The summed E-state index contributed by atoms with van der Waals surface area (Å²) >= 11 is 18.2. The number of likely N-dealkylation sites (tertiary alicyclic amines) is 1. The summed E-state index contributed by atoms with van der Waals surface area (Å²) in [6, 6.07) is 10.3. The maximum Gasteiger partial charge on any atom is 0.255 e. The number of nitrogens with zero attached hydrogens (tertiary/aromatic N) is 1. The van der Waals surface area contributed by atoms with Crippen LogP contribution in [0, 0.1) is 0 Å². The molecule has 160 valence electrons. The Balaban J connectivity index is 1.67. The monoisotopic (exact) mass is 477 g/mol. The van der Waals surface area contributed by atoms with Gasteiger partial charge in [-0.05, 0) is 55.7 Å². The molecule has 1 aliphatic rings. The minimum atomic E-state index is -0.693. The minimum absolute atomic E-state index is 0.213. The van der Waals surface area contributed by atoms with Gasteiger partial charge in [0.15, 0.2) is 0 Å². The third-order valence-corrected chi connectivity index (χ3v) is 6.07. The van der Waals surface area contributed by atoms with Crippen LogP contribution in [0.25, 0.3) is 10.9 Å². The molecule has 3 aromatic rings. The van der Waals surface area contributed by atoms with Crippen LogP contribution in [0.15, 0.2) is 47.3 Å². The molecule has 1 aliphatic heterocycles. The average Bonchev–Trinajstić information content (AvgIpc) is 2.75. The second kappa shape index (κ2) is 8.91. The van der Waals surface area contributed by atoms with Crippen LogP contribution in [0.1, 0.15) is 29.6 Å². The van der Waals surface area contributed by atoms with Gasteiger partial charge in [0.25, 0.3) is 5.91 Å². The van der Waals surface area contributed by atoms with E-state index in [0.717, 1.165) is 12.8 Å². The summed E-state index contributed by atoms with van der Waals surface area (Å²) < 4.78 is 0. The van der Waals surface area contributed by atoms with Gasteiger partial charge in [0.2, 0.25) is 11.5 Å². The number of benzene rings is 2. The number of aromatic nitrogens is 1. The molecule has 0 spiro atoms. The minimum Gasteiger partial charge on any atom is -0.327 e. The molecule has 31 heavy (non-hydrogen) atoms. The van der Waals surface area contributed by atoms with Gasteiger partial charge in [-0.25, -0.2) is 0 Å². The van der Waals surface area contributed by atoms with Crippen molar-refractivity contribution in [1.29, 1.82) is 0 Å². The first-order valence-corrected chi connectivity index (χ1v) is 10.9. The topological polar surface area (TPSA) is 82.3 Å². The van der Waals surface area contributed by atoms with E-state index in [0.29, 0.717) is 44.6 Å². The Bertz CT molecular complexity index is 1240. The first-order chi connectivity index (χ1) is 14.8. The Labute approximate surface area is 193 Å². The molecule has 9 heteroatoms. The van der Waals surface area contributed by atoms with Gasteiger partial charge in [0, 0.05) is 33.6 Å². The number of fused-ring (bicyclic) bond motifs is 1. The highest BCUT2D eigenvalue weighted by molar-refractivity contribution is 6.36. The fourth-order valence-electron chi connectivity index (χ4n) is 3.81. The highest BCUT2D eigenvalue weighted by atomic mass is 35.5. The van der Waals surface area contributed by atoms with Gasteiger partial charge in [-0.3, -0.25) is 14.4 Å². The van der Waals surface area contributed by atoms with Crippen LogP contribution in [-0.2, 0) is 4.79 Å². The van der Waals surface area contributed by atoms with Crippen LogP contribution in [0.4, 0.5) is 5.69 Å². The van der Waals surface area contributed by atoms with E-state index in [1.54, 1.807) is 30.3 Å². The molecule has 1 atom stereocenters. The average molecular weight is 479 g/mol. The molecular weight excluding hydrogens is 461 g/mol. The number of halogens is 3. The number of nitrogens with one attached hydrogen (secondary N) is 2. The molecule has 1 unspecified atom stereocenters. The van der Waals surface area contributed by atoms with Crippen LogP contribution >= 0.6 is 34.8 Å². The number of amides is 2. The zero-order valence-corrected chi connectivity index (χ0v) is 18.5. The first kappa shape index (κ1) is 21.7. The van der Waals surface area contributed by atoms with Crippen molar-refractivity contribution in [2.45, 2.75) is 25.3 Å². The number of carbonyl (C=O) groups excluding carboxylic acids is 2. The molecule has 0 aliphatic carbocycles. The standard InChI is InChI=1S/C22H18Cl3N3O3/c23-12-4-6-17-14(9-12)15(11-20(29)26-17)22(31)28-8-2-1-3-19(28)21(30)27-18-7-5-13(24)10-16(18)25/h4-7,9-11,19H,1-3,8H2,(H,26,29)(H,27,30). The number of carbonyl (C=O) groups is 2. The molecule has 2 amide bonds. The number of pyridine rings is 1. The van der Waals surface area contributed by atoms with E-state index in [9.17, 15) is 14.4 Å². The Hall–Kier alpha value is -2.54. The molecule has 0 radical (unpaired) electrons. The molecule has 4 rings (SSSR count). The smallest absolute Gasteiger partial charge is 0.255 e. The molecule has 2 N–H and O–H groups in total. The maximum absolute atomic E-state index is 13.5. The molecular formula is C22H18Cl3N3O3. The van der Waals surface area contributed by atoms with E-state index in [1.165, 1.54) is 17.0 Å². The third-order valence-electron chi connectivity index (χ3n) is 5.29. The molecule has 6 nitrogen and oxygen atoms in total. The maximum atomic E-state index is 13.5. The lowest BCUT2D eigenvalue weighted by molar-refractivity contribution is -0.121. The molecule has 1 saturated heterocycles. The second-order valence-corrected chi connectivity index (χ2v) is 8.64. The number of piperidine rings is 1. The summed E-state index contributed by atoms with van der Waals surface area (Å²) in [6.07, 6.45) is 2.07. The lowest BCUT2D eigenvalue weighted by Gasteiger charge is -2.35. The fraction of sp³-hybridized carbons (Fsp3) is 0.227. The van der Waals surface area contributed by atoms with Gasteiger partial charge >= 0.3 is 0 Å². The van der Waals surface area contributed by atoms with Crippen molar-refractivity contribution in [2.24, 2.45) is 0 Å². The number of hydrogen-bond donors (Lipinski definition) is 2. The molecule has 1 fully saturated rings. The number of rotatable bonds is 3. The molecule has 2 heterocycles. The largest absolute Gasteiger partial charge is 0.327 e. The van der Waals surface area contributed by atoms with E-state index in [1.807, 2.05) is 0 Å². The summed E-state index contributed by atoms with van der Waals surface area (Å²) in [7, 11) is 0. The summed E-state index contributed by atoms with van der Waals surface area (Å²) in [6.45, 7) is 0.403. The SMILES string of the molecule is O=C(Nc1ccc(Cl)cc1Cl)C1CCCCN1C(=O)c1cc(=O)[nH]c2ccc(Cl)cc12. The number of hydrogen-bond acceptors (Lipinski definition) is 3. The Morgan fingerprint density at radius 2 is 1.74 bits per heavy atom. The highest BCUT2D eigenvalue weighted by Crippen LogP contribution is 2.28. The molecule has 0 bridgehead atoms. The van der Waals surface area contributed by atoms with E-state index in [-0.39, 0.29) is 17.4 Å². The Kier molecular flexibility index (Phi) is 6.23.